The zero-order valence-electron chi connectivity index (χ0n) is 16.2. The van der Waals surface area contributed by atoms with Crippen LogP contribution in [0.4, 0.5) is 10.1 Å². The fraction of sp³-hybridized carbons (Fsp3) is 0.136. The lowest BCUT2D eigenvalue weighted by Crippen LogP contribution is -2.28. The van der Waals surface area contributed by atoms with Crippen molar-refractivity contribution in [2.45, 2.75) is 13.5 Å². The van der Waals surface area contributed by atoms with Crippen molar-refractivity contribution >= 4 is 17.1 Å². The summed E-state index contributed by atoms with van der Waals surface area (Å²) < 4.78 is 21.2. The monoisotopic (exact) mass is 406 g/mol. The van der Waals surface area contributed by atoms with E-state index in [-0.39, 0.29) is 18.0 Å². The maximum atomic E-state index is 13.0. The fourth-order valence-electron chi connectivity index (χ4n) is 3.07. The maximum Gasteiger partial charge on any atom is 0.277 e. The van der Waals surface area contributed by atoms with Gasteiger partial charge >= 0.3 is 0 Å². The van der Waals surface area contributed by atoms with Crippen molar-refractivity contribution in [1.82, 2.24) is 14.2 Å². The van der Waals surface area contributed by atoms with Crippen molar-refractivity contribution in [3.63, 3.8) is 0 Å². The van der Waals surface area contributed by atoms with E-state index in [2.05, 4.69) is 10.4 Å². The summed E-state index contributed by atoms with van der Waals surface area (Å²) in [7, 11) is 0. The molecule has 0 radical (unpaired) electrons. The van der Waals surface area contributed by atoms with Crippen LogP contribution in [-0.4, -0.2) is 26.7 Å². The number of hydrogen-bond donors (Lipinski definition) is 1. The molecule has 1 amide bonds. The molecular weight excluding hydrogens is 387 g/mol. The van der Waals surface area contributed by atoms with Gasteiger partial charge in [0.25, 0.3) is 5.56 Å². The van der Waals surface area contributed by atoms with Crippen molar-refractivity contribution in [3.8, 4) is 17.0 Å². The van der Waals surface area contributed by atoms with Gasteiger partial charge in [0.2, 0.25) is 5.91 Å². The summed E-state index contributed by atoms with van der Waals surface area (Å²) in [5.41, 5.74) is 1.97. The average molecular weight is 406 g/mol. The Morgan fingerprint density at radius 1 is 1.10 bits per heavy atom. The molecule has 0 spiro atoms. The maximum absolute atomic E-state index is 13.0. The van der Waals surface area contributed by atoms with Gasteiger partial charge in [-0.3, -0.25) is 9.59 Å². The van der Waals surface area contributed by atoms with Gasteiger partial charge in [-0.15, -0.1) is 0 Å². The number of anilines is 1. The van der Waals surface area contributed by atoms with E-state index in [1.807, 2.05) is 31.2 Å². The summed E-state index contributed by atoms with van der Waals surface area (Å²) in [5, 5.41) is 7.08. The van der Waals surface area contributed by atoms with E-state index in [0.717, 1.165) is 11.3 Å². The number of halogens is 1. The second-order valence-electron chi connectivity index (χ2n) is 6.60. The molecule has 2 aromatic heterocycles. The van der Waals surface area contributed by atoms with Gasteiger partial charge in [-0.05, 0) is 61.5 Å². The van der Waals surface area contributed by atoms with Crippen LogP contribution in [0.15, 0.2) is 71.8 Å². The second-order valence-corrected chi connectivity index (χ2v) is 6.60. The quantitative estimate of drug-likeness (QED) is 0.533. The molecule has 4 rings (SSSR count). The SMILES string of the molecule is CCOc1ccc(-c2cc3c(=O)n(CC(=O)Nc4ccc(F)cc4)ccn3n2)cc1. The lowest BCUT2D eigenvalue weighted by atomic mass is 10.1. The molecule has 8 heteroatoms. The highest BCUT2D eigenvalue weighted by atomic mass is 19.1. The Morgan fingerprint density at radius 2 is 1.83 bits per heavy atom. The summed E-state index contributed by atoms with van der Waals surface area (Å²) in [5.74, 6) is -0.0161. The number of ether oxygens (including phenoxy) is 1. The topological polar surface area (TPSA) is 77.6 Å². The molecule has 0 atom stereocenters. The third-order valence-corrected chi connectivity index (χ3v) is 4.51. The van der Waals surface area contributed by atoms with E-state index < -0.39 is 5.82 Å². The number of nitrogens with zero attached hydrogens (tertiary/aromatic N) is 3. The van der Waals surface area contributed by atoms with Crippen LogP contribution < -0.4 is 15.6 Å². The second kappa shape index (κ2) is 8.20. The molecule has 0 fully saturated rings. The van der Waals surface area contributed by atoms with E-state index in [1.165, 1.54) is 39.5 Å². The van der Waals surface area contributed by atoms with Crippen molar-refractivity contribution in [3.05, 3.63) is 83.2 Å². The number of carbonyl (C=O) groups excluding carboxylic acids is 1. The third kappa shape index (κ3) is 4.07. The first kappa shape index (κ1) is 19.4. The highest BCUT2D eigenvalue weighted by Crippen LogP contribution is 2.22. The molecule has 0 aliphatic rings. The smallest absolute Gasteiger partial charge is 0.277 e. The van der Waals surface area contributed by atoms with Crippen LogP contribution in [0.5, 0.6) is 5.75 Å². The largest absolute Gasteiger partial charge is 0.494 e. The average Bonchev–Trinajstić information content (AvgIpc) is 3.18. The minimum Gasteiger partial charge on any atom is -0.494 e. The van der Waals surface area contributed by atoms with Crippen LogP contribution in [0.2, 0.25) is 0 Å². The van der Waals surface area contributed by atoms with E-state index in [9.17, 15) is 14.0 Å². The lowest BCUT2D eigenvalue weighted by Gasteiger charge is -2.07. The fourth-order valence-corrected chi connectivity index (χ4v) is 3.07. The van der Waals surface area contributed by atoms with Crippen LogP contribution >= 0.6 is 0 Å². The van der Waals surface area contributed by atoms with Crippen molar-refractivity contribution in [1.29, 1.82) is 0 Å². The number of carbonyl (C=O) groups is 1. The Labute approximate surface area is 171 Å². The van der Waals surface area contributed by atoms with Crippen molar-refractivity contribution in [2.75, 3.05) is 11.9 Å². The highest BCUT2D eigenvalue weighted by Gasteiger charge is 2.12. The van der Waals surface area contributed by atoms with E-state index >= 15 is 0 Å². The molecule has 7 nitrogen and oxygen atoms in total. The van der Waals surface area contributed by atoms with Gasteiger partial charge in [0.05, 0.1) is 12.3 Å². The first-order valence-corrected chi connectivity index (χ1v) is 9.41. The predicted octanol–water partition coefficient (Wildman–Crippen LogP) is 3.34. The summed E-state index contributed by atoms with van der Waals surface area (Å²) in [6.45, 7) is 2.33. The lowest BCUT2D eigenvalue weighted by molar-refractivity contribution is -0.116. The molecule has 4 aromatic rings. The van der Waals surface area contributed by atoms with Gasteiger partial charge in [0.15, 0.2) is 0 Å². The summed E-state index contributed by atoms with van der Waals surface area (Å²) >= 11 is 0. The van der Waals surface area contributed by atoms with E-state index in [4.69, 9.17) is 4.74 Å². The third-order valence-electron chi connectivity index (χ3n) is 4.51. The molecule has 0 saturated heterocycles. The zero-order valence-corrected chi connectivity index (χ0v) is 16.2. The summed E-state index contributed by atoms with van der Waals surface area (Å²) in [6.07, 6.45) is 3.13. The Hall–Kier alpha value is -3.94. The Balaban J connectivity index is 1.55. The van der Waals surface area contributed by atoms with Gasteiger partial charge in [0, 0.05) is 23.6 Å². The first-order chi connectivity index (χ1) is 14.5. The molecular formula is C22H19FN4O3. The van der Waals surface area contributed by atoms with Gasteiger partial charge in [-0.25, -0.2) is 8.91 Å². The number of benzene rings is 2. The predicted molar refractivity (Wildman–Crippen MR) is 111 cm³/mol. The van der Waals surface area contributed by atoms with Crippen LogP contribution in [0, 0.1) is 5.82 Å². The minimum absolute atomic E-state index is 0.170. The number of amides is 1. The number of hydrogen-bond acceptors (Lipinski definition) is 4. The normalized spacial score (nSPS) is 10.9. The highest BCUT2D eigenvalue weighted by molar-refractivity contribution is 5.90. The van der Waals surface area contributed by atoms with E-state index in [0.29, 0.717) is 23.5 Å². The molecule has 0 aliphatic heterocycles. The molecule has 30 heavy (non-hydrogen) atoms. The van der Waals surface area contributed by atoms with Crippen LogP contribution in [0.1, 0.15) is 6.92 Å². The Bertz CT molecular complexity index is 1240. The number of rotatable bonds is 6. The summed E-state index contributed by atoms with van der Waals surface area (Å²) in [6, 6.07) is 14.6. The first-order valence-electron chi connectivity index (χ1n) is 9.41. The van der Waals surface area contributed by atoms with Gasteiger partial charge in [0.1, 0.15) is 23.6 Å². The molecule has 0 unspecified atom stereocenters. The Kier molecular flexibility index (Phi) is 5.30. The molecule has 1 N–H and O–H groups in total. The number of nitrogens with one attached hydrogen (secondary N) is 1. The van der Waals surface area contributed by atoms with Gasteiger partial charge < -0.3 is 14.6 Å². The van der Waals surface area contributed by atoms with Crippen molar-refractivity contribution in [2.24, 2.45) is 0 Å². The Morgan fingerprint density at radius 3 is 2.53 bits per heavy atom. The summed E-state index contributed by atoms with van der Waals surface area (Å²) in [4.78, 5) is 25.1. The van der Waals surface area contributed by atoms with Crippen LogP contribution in [0.3, 0.4) is 0 Å². The number of fused-ring (bicyclic) bond motifs is 1. The molecule has 152 valence electrons. The molecule has 0 saturated carbocycles. The standard InChI is InChI=1S/C22H19FN4O3/c1-2-30-18-9-3-15(4-10-18)19-13-20-22(29)26(11-12-27(20)25-19)14-21(28)24-17-7-5-16(23)6-8-17/h3-13H,2,14H2,1H3,(H,24,28). The zero-order chi connectivity index (χ0) is 21.1. The molecule has 0 aliphatic carbocycles. The van der Waals surface area contributed by atoms with Crippen LogP contribution in [-0.2, 0) is 11.3 Å². The minimum atomic E-state index is -0.390. The molecule has 0 bridgehead atoms. The van der Waals surface area contributed by atoms with Crippen LogP contribution in [0.25, 0.3) is 16.8 Å². The molecule has 2 aromatic carbocycles. The number of aromatic nitrogens is 3. The van der Waals surface area contributed by atoms with Gasteiger partial charge in [-0.2, -0.15) is 5.10 Å². The van der Waals surface area contributed by atoms with E-state index in [1.54, 1.807) is 12.3 Å². The molecule has 2 heterocycles. The van der Waals surface area contributed by atoms with Gasteiger partial charge in [-0.1, -0.05) is 0 Å². The van der Waals surface area contributed by atoms with Crippen molar-refractivity contribution < 1.29 is 13.9 Å².